The zero-order valence-electron chi connectivity index (χ0n) is 16.2. The standard InChI is InChI=1S/C24H26ClNO2/c1-2-27-24-16-21(17-26-15-14-19-8-11-22(25)12-9-19)10-13-23(24)28-18-20-6-4-3-5-7-20/h3-13,16,26H,2,14-15,17-18H2,1H3. The number of benzene rings is 3. The second kappa shape index (κ2) is 10.7. The van der Waals surface area contributed by atoms with Gasteiger partial charge in [0.2, 0.25) is 0 Å². The number of hydrogen-bond donors (Lipinski definition) is 1. The van der Waals surface area contributed by atoms with E-state index in [4.69, 9.17) is 21.1 Å². The summed E-state index contributed by atoms with van der Waals surface area (Å²) in [7, 11) is 0. The Balaban J connectivity index is 1.53. The molecule has 1 N–H and O–H groups in total. The molecular weight excluding hydrogens is 370 g/mol. The predicted octanol–water partition coefficient (Wildman–Crippen LogP) is 5.65. The van der Waals surface area contributed by atoms with Crippen molar-refractivity contribution in [3.8, 4) is 11.5 Å². The maximum absolute atomic E-state index is 5.97. The second-order valence-electron chi connectivity index (χ2n) is 6.54. The van der Waals surface area contributed by atoms with Gasteiger partial charge in [0.15, 0.2) is 11.5 Å². The maximum atomic E-state index is 5.97. The van der Waals surface area contributed by atoms with Gasteiger partial charge in [-0.25, -0.2) is 0 Å². The second-order valence-corrected chi connectivity index (χ2v) is 6.98. The van der Waals surface area contributed by atoms with E-state index in [0.717, 1.165) is 41.6 Å². The molecule has 0 spiro atoms. The van der Waals surface area contributed by atoms with E-state index < -0.39 is 0 Å². The van der Waals surface area contributed by atoms with E-state index in [1.807, 2.05) is 43.3 Å². The van der Waals surface area contributed by atoms with E-state index in [9.17, 15) is 0 Å². The summed E-state index contributed by atoms with van der Waals surface area (Å²) in [6.07, 6.45) is 0.966. The fourth-order valence-electron chi connectivity index (χ4n) is 2.90. The maximum Gasteiger partial charge on any atom is 0.161 e. The van der Waals surface area contributed by atoms with Crippen molar-refractivity contribution in [3.63, 3.8) is 0 Å². The van der Waals surface area contributed by atoms with Crippen LogP contribution < -0.4 is 14.8 Å². The first-order chi connectivity index (χ1) is 13.7. The lowest BCUT2D eigenvalue weighted by Crippen LogP contribution is -2.16. The first-order valence-electron chi connectivity index (χ1n) is 9.62. The van der Waals surface area contributed by atoms with Gasteiger partial charge in [0, 0.05) is 11.6 Å². The zero-order chi connectivity index (χ0) is 19.6. The van der Waals surface area contributed by atoms with Gasteiger partial charge in [-0.05, 0) is 60.8 Å². The molecule has 0 atom stereocenters. The summed E-state index contributed by atoms with van der Waals surface area (Å²) >= 11 is 5.93. The summed E-state index contributed by atoms with van der Waals surface area (Å²) in [6, 6.07) is 24.3. The third kappa shape index (κ3) is 6.29. The molecule has 146 valence electrons. The van der Waals surface area contributed by atoms with Crippen molar-refractivity contribution in [3.05, 3.63) is 94.5 Å². The molecular formula is C24H26ClNO2. The summed E-state index contributed by atoms with van der Waals surface area (Å²) in [6.45, 7) is 4.80. The van der Waals surface area contributed by atoms with Crippen molar-refractivity contribution in [2.75, 3.05) is 13.2 Å². The van der Waals surface area contributed by atoms with Gasteiger partial charge in [-0.3, -0.25) is 0 Å². The van der Waals surface area contributed by atoms with Crippen LogP contribution in [0.25, 0.3) is 0 Å². The molecule has 0 bridgehead atoms. The van der Waals surface area contributed by atoms with Crippen molar-refractivity contribution < 1.29 is 9.47 Å². The lowest BCUT2D eigenvalue weighted by Gasteiger charge is -2.14. The summed E-state index contributed by atoms with van der Waals surface area (Å²) in [4.78, 5) is 0. The number of halogens is 1. The average molecular weight is 396 g/mol. The van der Waals surface area contributed by atoms with Gasteiger partial charge in [0.25, 0.3) is 0 Å². The van der Waals surface area contributed by atoms with E-state index in [1.54, 1.807) is 0 Å². The molecule has 0 saturated heterocycles. The Kier molecular flexibility index (Phi) is 7.77. The molecule has 0 amide bonds. The van der Waals surface area contributed by atoms with Crippen LogP contribution >= 0.6 is 11.6 Å². The van der Waals surface area contributed by atoms with Gasteiger partial charge in [0.1, 0.15) is 6.61 Å². The van der Waals surface area contributed by atoms with Gasteiger partial charge in [0.05, 0.1) is 6.61 Å². The molecule has 0 aliphatic rings. The molecule has 0 heterocycles. The lowest BCUT2D eigenvalue weighted by atomic mass is 10.1. The van der Waals surface area contributed by atoms with Crippen LogP contribution in [0.4, 0.5) is 0 Å². The molecule has 28 heavy (non-hydrogen) atoms. The van der Waals surface area contributed by atoms with E-state index in [1.165, 1.54) is 11.1 Å². The largest absolute Gasteiger partial charge is 0.490 e. The minimum absolute atomic E-state index is 0.527. The Morgan fingerprint density at radius 2 is 1.54 bits per heavy atom. The molecule has 0 aliphatic carbocycles. The molecule has 3 rings (SSSR count). The molecule has 4 heteroatoms. The highest BCUT2D eigenvalue weighted by Crippen LogP contribution is 2.29. The fraction of sp³-hybridized carbons (Fsp3) is 0.250. The normalized spacial score (nSPS) is 10.6. The van der Waals surface area contributed by atoms with Crippen molar-refractivity contribution in [2.45, 2.75) is 26.5 Å². The summed E-state index contributed by atoms with van der Waals surface area (Å²) < 4.78 is 11.8. The van der Waals surface area contributed by atoms with Crippen molar-refractivity contribution >= 4 is 11.6 Å². The van der Waals surface area contributed by atoms with Crippen molar-refractivity contribution in [1.29, 1.82) is 0 Å². The molecule has 0 saturated carbocycles. The third-order valence-electron chi connectivity index (χ3n) is 4.38. The fourth-order valence-corrected chi connectivity index (χ4v) is 3.03. The lowest BCUT2D eigenvalue weighted by molar-refractivity contribution is 0.269. The van der Waals surface area contributed by atoms with Crippen LogP contribution in [0.3, 0.4) is 0 Å². The quantitative estimate of drug-likeness (QED) is 0.450. The van der Waals surface area contributed by atoms with Crippen molar-refractivity contribution in [2.24, 2.45) is 0 Å². The Labute approximate surface area is 172 Å². The Hall–Kier alpha value is -2.49. The molecule has 0 aliphatic heterocycles. The minimum Gasteiger partial charge on any atom is -0.490 e. The van der Waals surface area contributed by atoms with Crippen LogP contribution in [0.2, 0.25) is 5.02 Å². The first kappa shape index (κ1) is 20.2. The number of rotatable bonds is 10. The van der Waals surface area contributed by atoms with Crippen LogP contribution in [-0.4, -0.2) is 13.2 Å². The van der Waals surface area contributed by atoms with Crippen LogP contribution in [-0.2, 0) is 19.6 Å². The molecule has 0 fully saturated rings. The van der Waals surface area contributed by atoms with Gasteiger partial charge in [-0.1, -0.05) is 60.1 Å². The summed E-state index contributed by atoms with van der Waals surface area (Å²) in [5.74, 6) is 1.56. The topological polar surface area (TPSA) is 30.5 Å². The molecule has 3 aromatic carbocycles. The van der Waals surface area contributed by atoms with Gasteiger partial charge >= 0.3 is 0 Å². The van der Waals surface area contributed by atoms with Crippen LogP contribution in [0, 0.1) is 0 Å². The monoisotopic (exact) mass is 395 g/mol. The van der Waals surface area contributed by atoms with Crippen LogP contribution in [0.1, 0.15) is 23.6 Å². The Morgan fingerprint density at radius 1 is 0.786 bits per heavy atom. The summed E-state index contributed by atoms with van der Waals surface area (Å²) in [5.41, 5.74) is 3.58. The van der Waals surface area contributed by atoms with Crippen LogP contribution in [0.5, 0.6) is 11.5 Å². The first-order valence-corrected chi connectivity index (χ1v) is 10.00. The zero-order valence-corrected chi connectivity index (χ0v) is 16.9. The van der Waals surface area contributed by atoms with E-state index in [0.29, 0.717) is 13.2 Å². The molecule has 3 nitrogen and oxygen atoms in total. The molecule has 0 aromatic heterocycles. The number of nitrogens with one attached hydrogen (secondary N) is 1. The summed E-state index contributed by atoms with van der Waals surface area (Å²) in [5, 5.41) is 4.25. The Morgan fingerprint density at radius 3 is 2.29 bits per heavy atom. The molecule has 0 unspecified atom stereocenters. The minimum atomic E-state index is 0.527. The van der Waals surface area contributed by atoms with Crippen molar-refractivity contribution in [1.82, 2.24) is 5.32 Å². The SMILES string of the molecule is CCOc1cc(CNCCc2ccc(Cl)cc2)ccc1OCc1ccccc1. The smallest absolute Gasteiger partial charge is 0.161 e. The third-order valence-corrected chi connectivity index (χ3v) is 4.63. The average Bonchev–Trinajstić information content (AvgIpc) is 2.73. The predicted molar refractivity (Wildman–Crippen MR) is 115 cm³/mol. The van der Waals surface area contributed by atoms with Gasteiger partial charge < -0.3 is 14.8 Å². The van der Waals surface area contributed by atoms with E-state index in [2.05, 4.69) is 41.7 Å². The van der Waals surface area contributed by atoms with E-state index in [-0.39, 0.29) is 0 Å². The number of hydrogen-bond acceptors (Lipinski definition) is 3. The van der Waals surface area contributed by atoms with Gasteiger partial charge in [-0.15, -0.1) is 0 Å². The molecule has 3 aromatic rings. The highest BCUT2D eigenvalue weighted by molar-refractivity contribution is 6.30. The van der Waals surface area contributed by atoms with Gasteiger partial charge in [-0.2, -0.15) is 0 Å². The Bertz CT molecular complexity index is 850. The highest BCUT2D eigenvalue weighted by Gasteiger charge is 2.07. The van der Waals surface area contributed by atoms with E-state index >= 15 is 0 Å². The number of ether oxygens (including phenoxy) is 2. The highest BCUT2D eigenvalue weighted by atomic mass is 35.5. The van der Waals surface area contributed by atoms with Crippen LogP contribution in [0.15, 0.2) is 72.8 Å². The molecule has 0 radical (unpaired) electrons.